The highest BCUT2D eigenvalue weighted by atomic mass is 16.2. The number of hydrogen-bond acceptors (Lipinski definition) is 3. The van der Waals surface area contributed by atoms with Crippen molar-refractivity contribution < 1.29 is 4.79 Å². The Morgan fingerprint density at radius 1 is 1.10 bits per heavy atom. The van der Waals surface area contributed by atoms with E-state index in [2.05, 4.69) is 57.9 Å². The second kappa shape index (κ2) is 8.78. The SMILES string of the molecule is CCc1ccccc1NC(=O)CN1CCC(Cn2c(C)nc3ccccc32)CC1. The number of carbonyl (C=O) groups excluding carboxylic acids is 1. The number of para-hydroxylation sites is 3. The molecule has 1 amide bonds. The third-order valence-corrected chi connectivity index (χ3v) is 6.03. The summed E-state index contributed by atoms with van der Waals surface area (Å²) in [4.78, 5) is 19.5. The first-order chi connectivity index (χ1) is 14.1. The minimum Gasteiger partial charge on any atom is -0.328 e. The number of likely N-dealkylation sites (tertiary alicyclic amines) is 1. The molecule has 1 fully saturated rings. The molecule has 0 spiro atoms. The number of imidazole rings is 1. The van der Waals surface area contributed by atoms with Crippen LogP contribution in [0, 0.1) is 12.8 Å². The van der Waals surface area contributed by atoms with E-state index in [9.17, 15) is 4.79 Å². The lowest BCUT2D eigenvalue weighted by Gasteiger charge is -2.32. The summed E-state index contributed by atoms with van der Waals surface area (Å²) in [6.45, 7) is 7.63. The maximum absolute atomic E-state index is 12.5. The van der Waals surface area contributed by atoms with Crippen molar-refractivity contribution in [2.24, 2.45) is 5.92 Å². The molecule has 5 heteroatoms. The van der Waals surface area contributed by atoms with Gasteiger partial charge in [-0.05, 0) is 69.0 Å². The van der Waals surface area contributed by atoms with Gasteiger partial charge >= 0.3 is 0 Å². The Morgan fingerprint density at radius 3 is 2.62 bits per heavy atom. The van der Waals surface area contributed by atoms with Crippen molar-refractivity contribution in [2.45, 2.75) is 39.7 Å². The molecular formula is C24H30N4O. The molecule has 1 aliphatic heterocycles. The third-order valence-electron chi connectivity index (χ3n) is 6.03. The molecule has 3 aromatic rings. The number of rotatable bonds is 6. The van der Waals surface area contributed by atoms with Gasteiger partial charge in [0.15, 0.2) is 0 Å². The predicted octanol–water partition coefficient (Wildman–Crippen LogP) is 4.26. The Labute approximate surface area is 172 Å². The number of nitrogens with zero attached hydrogens (tertiary/aromatic N) is 3. The van der Waals surface area contributed by atoms with Gasteiger partial charge in [0.1, 0.15) is 5.82 Å². The van der Waals surface area contributed by atoms with Gasteiger partial charge in [-0.15, -0.1) is 0 Å². The van der Waals surface area contributed by atoms with Gasteiger partial charge in [-0.25, -0.2) is 4.98 Å². The van der Waals surface area contributed by atoms with Gasteiger partial charge in [-0.2, -0.15) is 0 Å². The monoisotopic (exact) mass is 390 g/mol. The molecule has 4 rings (SSSR count). The fourth-order valence-corrected chi connectivity index (χ4v) is 4.36. The van der Waals surface area contributed by atoms with Crippen LogP contribution < -0.4 is 5.32 Å². The average Bonchev–Trinajstić information content (AvgIpc) is 3.05. The topological polar surface area (TPSA) is 50.2 Å². The summed E-state index contributed by atoms with van der Waals surface area (Å²) in [6, 6.07) is 16.4. The van der Waals surface area contributed by atoms with Crippen LogP contribution in [0.2, 0.25) is 0 Å². The number of hydrogen-bond donors (Lipinski definition) is 1. The lowest BCUT2D eigenvalue weighted by molar-refractivity contribution is -0.117. The average molecular weight is 391 g/mol. The number of fused-ring (bicyclic) bond motifs is 1. The van der Waals surface area contributed by atoms with Crippen LogP contribution in [-0.2, 0) is 17.8 Å². The third kappa shape index (κ3) is 4.51. The van der Waals surface area contributed by atoms with Gasteiger partial charge in [0.05, 0.1) is 17.6 Å². The normalized spacial score (nSPS) is 15.7. The summed E-state index contributed by atoms with van der Waals surface area (Å²) in [7, 11) is 0. The van der Waals surface area contributed by atoms with Gasteiger partial charge in [0, 0.05) is 12.2 Å². The minimum absolute atomic E-state index is 0.0841. The first kappa shape index (κ1) is 19.6. The van der Waals surface area contributed by atoms with E-state index in [4.69, 9.17) is 0 Å². The molecule has 1 aliphatic rings. The molecule has 1 saturated heterocycles. The highest BCUT2D eigenvalue weighted by Gasteiger charge is 2.22. The van der Waals surface area contributed by atoms with Crippen LogP contribution in [0.25, 0.3) is 11.0 Å². The molecule has 5 nitrogen and oxygen atoms in total. The Kier molecular flexibility index (Phi) is 5.95. The second-order valence-electron chi connectivity index (χ2n) is 8.04. The maximum Gasteiger partial charge on any atom is 0.238 e. The number of amides is 1. The molecule has 0 bridgehead atoms. The highest BCUT2D eigenvalue weighted by molar-refractivity contribution is 5.93. The van der Waals surface area contributed by atoms with Crippen molar-refractivity contribution in [1.82, 2.24) is 14.5 Å². The van der Waals surface area contributed by atoms with Crippen LogP contribution in [0.4, 0.5) is 5.69 Å². The van der Waals surface area contributed by atoms with Crippen molar-refractivity contribution in [3.05, 3.63) is 59.9 Å². The molecule has 152 valence electrons. The van der Waals surface area contributed by atoms with Crippen LogP contribution in [-0.4, -0.2) is 40.0 Å². The molecule has 2 aromatic carbocycles. The number of anilines is 1. The second-order valence-corrected chi connectivity index (χ2v) is 8.04. The van der Waals surface area contributed by atoms with E-state index >= 15 is 0 Å². The Hall–Kier alpha value is -2.66. The van der Waals surface area contributed by atoms with Crippen molar-refractivity contribution in [1.29, 1.82) is 0 Å². The molecule has 0 atom stereocenters. The van der Waals surface area contributed by atoms with Crippen molar-refractivity contribution in [3.8, 4) is 0 Å². The largest absolute Gasteiger partial charge is 0.328 e. The van der Waals surface area contributed by atoms with Crippen molar-refractivity contribution >= 4 is 22.6 Å². The number of nitrogens with one attached hydrogen (secondary N) is 1. The fourth-order valence-electron chi connectivity index (χ4n) is 4.36. The van der Waals surface area contributed by atoms with E-state index in [1.54, 1.807) is 0 Å². The van der Waals surface area contributed by atoms with Crippen molar-refractivity contribution in [3.63, 3.8) is 0 Å². The van der Waals surface area contributed by atoms with Crippen LogP contribution >= 0.6 is 0 Å². The Balaban J connectivity index is 1.30. The van der Waals surface area contributed by atoms with Gasteiger partial charge < -0.3 is 9.88 Å². The number of piperidine rings is 1. The zero-order valence-electron chi connectivity index (χ0n) is 17.4. The lowest BCUT2D eigenvalue weighted by atomic mass is 9.96. The number of aromatic nitrogens is 2. The molecule has 1 N–H and O–H groups in total. The van der Waals surface area contributed by atoms with Gasteiger partial charge in [0.2, 0.25) is 5.91 Å². The minimum atomic E-state index is 0.0841. The van der Waals surface area contributed by atoms with E-state index in [1.807, 2.05) is 24.3 Å². The lowest BCUT2D eigenvalue weighted by Crippen LogP contribution is -2.40. The quantitative estimate of drug-likeness (QED) is 0.684. The first-order valence-corrected chi connectivity index (χ1v) is 10.7. The van der Waals surface area contributed by atoms with Crippen LogP contribution in [0.3, 0.4) is 0 Å². The molecule has 2 heterocycles. The molecular weight excluding hydrogens is 360 g/mol. The molecule has 0 radical (unpaired) electrons. The molecule has 0 aliphatic carbocycles. The number of benzene rings is 2. The van der Waals surface area contributed by atoms with Crippen LogP contribution in [0.1, 0.15) is 31.2 Å². The predicted molar refractivity (Wildman–Crippen MR) is 118 cm³/mol. The summed E-state index contributed by atoms with van der Waals surface area (Å²) in [5, 5.41) is 3.09. The summed E-state index contributed by atoms with van der Waals surface area (Å²) in [5.74, 6) is 1.80. The Bertz CT molecular complexity index is 985. The summed E-state index contributed by atoms with van der Waals surface area (Å²) in [5.41, 5.74) is 4.42. The smallest absolute Gasteiger partial charge is 0.238 e. The van der Waals surface area contributed by atoms with Gasteiger partial charge in [-0.1, -0.05) is 37.3 Å². The summed E-state index contributed by atoms with van der Waals surface area (Å²) >= 11 is 0. The highest BCUT2D eigenvalue weighted by Crippen LogP contribution is 2.23. The molecule has 0 unspecified atom stereocenters. The van der Waals surface area contributed by atoms with E-state index in [0.717, 1.165) is 55.9 Å². The van der Waals surface area contributed by atoms with E-state index in [-0.39, 0.29) is 5.91 Å². The molecule has 0 saturated carbocycles. The van der Waals surface area contributed by atoms with E-state index in [0.29, 0.717) is 12.5 Å². The Morgan fingerprint density at radius 2 is 1.83 bits per heavy atom. The van der Waals surface area contributed by atoms with Crippen LogP contribution in [0.5, 0.6) is 0 Å². The maximum atomic E-state index is 12.5. The fraction of sp³-hybridized carbons (Fsp3) is 0.417. The van der Waals surface area contributed by atoms with E-state index < -0.39 is 0 Å². The standard InChI is InChI=1S/C24H30N4O/c1-3-20-8-4-5-9-21(20)26-24(29)17-27-14-12-19(13-15-27)16-28-18(2)25-22-10-6-7-11-23(22)28/h4-11,19H,3,12-17H2,1-2H3,(H,26,29). The molecule has 1 aromatic heterocycles. The van der Waals surface area contributed by atoms with Crippen molar-refractivity contribution in [2.75, 3.05) is 25.0 Å². The zero-order valence-corrected chi connectivity index (χ0v) is 17.4. The molecule has 29 heavy (non-hydrogen) atoms. The van der Waals surface area contributed by atoms with Gasteiger partial charge in [0.25, 0.3) is 0 Å². The van der Waals surface area contributed by atoms with Gasteiger partial charge in [-0.3, -0.25) is 9.69 Å². The summed E-state index contributed by atoms with van der Waals surface area (Å²) < 4.78 is 2.35. The zero-order chi connectivity index (χ0) is 20.2. The summed E-state index contributed by atoms with van der Waals surface area (Å²) in [6.07, 6.45) is 3.15. The first-order valence-electron chi connectivity index (χ1n) is 10.7. The number of carbonyl (C=O) groups is 1. The van der Waals surface area contributed by atoms with Crippen LogP contribution in [0.15, 0.2) is 48.5 Å². The number of aryl methyl sites for hydroxylation is 2. The van der Waals surface area contributed by atoms with E-state index in [1.165, 1.54) is 11.1 Å².